The van der Waals surface area contributed by atoms with Crippen LogP contribution in [0.4, 0.5) is 4.39 Å². The highest BCUT2D eigenvalue weighted by molar-refractivity contribution is 6.05. The van der Waals surface area contributed by atoms with Gasteiger partial charge in [-0.15, -0.1) is 0 Å². The van der Waals surface area contributed by atoms with E-state index in [0.29, 0.717) is 39.0 Å². The number of esters is 1. The Morgan fingerprint density at radius 3 is 2.20 bits per heavy atom. The molecule has 0 saturated heterocycles. The fourth-order valence-electron chi connectivity index (χ4n) is 4.16. The zero-order valence-corrected chi connectivity index (χ0v) is 23.2. The number of fused-ring (bicyclic) bond motifs is 1. The summed E-state index contributed by atoms with van der Waals surface area (Å²) in [5, 5.41) is 28.7. The molecule has 0 bridgehead atoms. The fraction of sp³-hybridized carbons (Fsp3) is 0.242. The molecule has 0 spiro atoms. The summed E-state index contributed by atoms with van der Waals surface area (Å²) < 4.78 is 25.7. The predicted octanol–water partition coefficient (Wildman–Crippen LogP) is 7.65. The van der Waals surface area contributed by atoms with Crippen LogP contribution in [0.25, 0.3) is 21.9 Å². The third-order valence-electron chi connectivity index (χ3n) is 6.01. The molecule has 0 saturated carbocycles. The van der Waals surface area contributed by atoms with Gasteiger partial charge in [0.2, 0.25) is 0 Å². The van der Waals surface area contributed by atoms with Crippen LogP contribution in [0, 0.1) is 28.5 Å². The van der Waals surface area contributed by atoms with E-state index in [1.165, 1.54) is 12.1 Å². The van der Waals surface area contributed by atoms with E-state index in [4.69, 9.17) is 14.6 Å². The second kappa shape index (κ2) is 12.9. The second-order valence-electron chi connectivity index (χ2n) is 9.89. The Hall–Kier alpha value is -4.72. The Labute approximate surface area is 233 Å². The van der Waals surface area contributed by atoms with Crippen LogP contribution in [0.5, 0.6) is 11.5 Å². The van der Waals surface area contributed by atoms with Gasteiger partial charge in [0, 0.05) is 17.6 Å². The molecule has 204 valence electrons. The first-order valence-corrected chi connectivity index (χ1v) is 12.8. The van der Waals surface area contributed by atoms with Crippen LogP contribution in [0.15, 0.2) is 66.7 Å². The van der Waals surface area contributed by atoms with Crippen LogP contribution in [-0.4, -0.2) is 24.3 Å². The Morgan fingerprint density at radius 2 is 1.65 bits per heavy atom. The molecule has 0 fully saturated rings. The van der Waals surface area contributed by atoms with Crippen molar-refractivity contribution in [3.8, 4) is 34.8 Å². The molecule has 6 nitrogen and oxygen atoms in total. The number of carbonyl (C=O) groups excluding carboxylic acids is 1. The highest BCUT2D eigenvalue weighted by atomic mass is 19.1. The molecule has 0 aliphatic rings. The summed E-state index contributed by atoms with van der Waals surface area (Å²) in [7, 11) is 0. The summed E-state index contributed by atoms with van der Waals surface area (Å²) in [5.41, 5.74) is 2.33. The van der Waals surface area contributed by atoms with E-state index in [0.717, 1.165) is 5.56 Å². The second-order valence-corrected chi connectivity index (χ2v) is 9.89. The third kappa shape index (κ3) is 6.64. The van der Waals surface area contributed by atoms with Crippen LogP contribution in [-0.2, 0) is 10.2 Å². The quantitative estimate of drug-likeness (QED) is 0.262. The van der Waals surface area contributed by atoms with E-state index in [2.05, 4.69) is 32.9 Å². The third-order valence-corrected chi connectivity index (χ3v) is 6.01. The molecular weight excluding hydrogens is 507 g/mol. The summed E-state index contributed by atoms with van der Waals surface area (Å²) in [6.07, 6.45) is 0. The van der Waals surface area contributed by atoms with Crippen LogP contribution in [0.2, 0.25) is 0 Å². The number of nitrogens with zero attached hydrogens (tertiary/aromatic N) is 2. The number of hydrogen-bond acceptors (Lipinski definition) is 6. The number of carbonyl (C=O) groups is 1. The fourth-order valence-corrected chi connectivity index (χ4v) is 4.16. The summed E-state index contributed by atoms with van der Waals surface area (Å²) in [4.78, 5) is 12.1. The number of nitriles is 2. The molecule has 0 amide bonds. The lowest BCUT2D eigenvalue weighted by Crippen LogP contribution is -2.11. The lowest BCUT2D eigenvalue weighted by Gasteiger charge is -2.23. The molecule has 0 unspecified atom stereocenters. The number of rotatable bonds is 5. The highest BCUT2D eigenvalue weighted by Crippen LogP contribution is 2.43. The van der Waals surface area contributed by atoms with Crippen molar-refractivity contribution >= 4 is 16.7 Å². The molecule has 40 heavy (non-hydrogen) atoms. The van der Waals surface area contributed by atoms with E-state index in [1.54, 1.807) is 56.3 Å². The maximum absolute atomic E-state index is 14.3. The van der Waals surface area contributed by atoms with Crippen molar-refractivity contribution in [1.29, 1.82) is 10.5 Å². The molecule has 7 heteroatoms. The molecule has 1 N–H and O–H groups in total. The molecule has 0 aliphatic heterocycles. The highest BCUT2D eigenvalue weighted by Gasteiger charge is 2.23. The van der Waals surface area contributed by atoms with Gasteiger partial charge in [0.05, 0.1) is 23.3 Å². The Bertz CT molecular complexity index is 1610. The Kier molecular flexibility index (Phi) is 9.61. The van der Waals surface area contributed by atoms with Gasteiger partial charge >= 0.3 is 5.97 Å². The van der Waals surface area contributed by atoms with E-state index in [9.17, 15) is 19.7 Å². The van der Waals surface area contributed by atoms with Crippen molar-refractivity contribution in [3.05, 3.63) is 94.8 Å². The number of halogens is 1. The van der Waals surface area contributed by atoms with Crippen LogP contribution >= 0.6 is 0 Å². The Balaban J connectivity index is 0.00000141. The first-order chi connectivity index (χ1) is 19.1. The van der Waals surface area contributed by atoms with Crippen molar-refractivity contribution in [2.24, 2.45) is 0 Å². The maximum Gasteiger partial charge on any atom is 0.338 e. The lowest BCUT2D eigenvalue weighted by atomic mass is 9.83. The zero-order chi connectivity index (χ0) is 29.4. The van der Waals surface area contributed by atoms with Gasteiger partial charge in [-0.2, -0.15) is 10.5 Å². The van der Waals surface area contributed by atoms with Crippen molar-refractivity contribution in [2.45, 2.75) is 40.0 Å². The first-order valence-electron chi connectivity index (χ1n) is 12.8. The molecule has 4 rings (SSSR count). The minimum atomic E-state index is -0.458. The first kappa shape index (κ1) is 29.8. The zero-order valence-electron chi connectivity index (χ0n) is 23.2. The molecule has 0 heterocycles. The number of aliphatic hydroxyl groups excluding tert-OH is 1. The topological polar surface area (TPSA) is 103 Å². The van der Waals surface area contributed by atoms with Gasteiger partial charge in [-0.25, -0.2) is 9.18 Å². The van der Waals surface area contributed by atoms with E-state index < -0.39 is 11.8 Å². The molecule has 0 atom stereocenters. The molecule has 0 radical (unpaired) electrons. The average molecular weight is 539 g/mol. The minimum absolute atomic E-state index is 0.145. The largest absolute Gasteiger partial charge is 0.462 e. The normalized spacial score (nSPS) is 10.6. The lowest BCUT2D eigenvalue weighted by molar-refractivity contribution is 0.0526. The number of aliphatic hydroxyl groups is 1. The minimum Gasteiger partial charge on any atom is -0.462 e. The predicted molar refractivity (Wildman–Crippen MR) is 153 cm³/mol. The maximum atomic E-state index is 14.3. The van der Waals surface area contributed by atoms with Crippen LogP contribution < -0.4 is 4.74 Å². The SMILES string of the molecule is CCO.CCOC(=O)c1ccc(Oc2cc(C(C)(C)C)cc3cc(C#N)c(C#N)c(-c4cccc(F)c4)c23)cc1. The van der Waals surface area contributed by atoms with Gasteiger partial charge in [0.25, 0.3) is 0 Å². The molecule has 0 aromatic heterocycles. The number of hydrogen-bond donors (Lipinski definition) is 1. The number of ether oxygens (including phenoxy) is 2. The van der Waals surface area contributed by atoms with Crippen molar-refractivity contribution in [1.82, 2.24) is 0 Å². The Morgan fingerprint density at radius 1 is 0.975 bits per heavy atom. The van der Waals surface area contributed by atoms with Gasteiger partial charge in [0.1, 0.15) is 29.5 Å². The van der Waals surface area contributed by atoms with Gasteiger partial charge in [-0.3, -0.25) is 0 Å². The monoisotopic (exact) mass is 538 g/mol. The van der Waals surface area contributed by atoms with Gasteiger partial charge in [-0.1, -0.05) is 39.0 Å². The standard InChI is InChI=1S/C31H25FN2O3.C2H6O/c1-5-36-30(35)19-9-11-25(12-10-19)37-27-16-23(31(2,3)4)14-21-13-22(17-33)26(18-34)28(29(21)27)20-7-6-8-24(32)15-20;1-2-3/h6-16H,5H2,1-4H3;3H,2H2,1H3. The molecular formula is C33H31FN2O4. The summed E-state index contributed by atoms with van der Waals surface area (Å²) in [6, 6.07) is 22.3. The molecule has 0 aliphatic carbocycles. The van der Waals surface area contributed by atoms with Gasteiger partial charge in [-0.05, 0) is 84.3 Å². The van der Waals surface area contributed by atoms with Crippen LogP contribution in [0.1, 0.15) is 61.7 Å². The van der Waals surface area contributed by atoms with E-state index >= 15 is 0 Å². The van der Waals surface area contributed by atoms with Crippen molar-refractivity contribution in [2.75, 3.05) is 13.2 Å². The average Bonchev–Trinajstić information content (AvgIpc) is 2.92. The summed E-state index contributed by atoms with van der Waals surface area (Å²) >= 11 is 0. The van der Waals surface area contributed by atoms with Gasteiger partial charge in [0.15, 0.2) is 0 Å². The summed E-state index contributed by atoms with van der Waals surface area (Å²) in [6.45, 7) is 10.1. The van der Waals surface area contributed by atoms with Crippen molar-refractivity contribution < 1.29 is 23.8 Å². The van der Waals surface area contributed by atoms with E-state index in [1.807, 2.05) is 12.1 Å². The smallest absolute Gasteiger partial charge is 0.338 e. The number of benzene rings is 4. The van der Waals surface area contributed by atoms with Crippen molar-refractivity contribution in [3.63, 3.8) is 0 Å². The molecule has 4 aromatic carbocycles. The van der Waals surface area contributed by atoms with Crippen LogP contribution in [0.3, 0.4) is 0 Å². The molecule has 4 aromatic rings. The van der Waals surface area contributed by atoms with E-state index in [-0.39, 0.29) is 29.8 Å². The van der Waals surface area contributed by atoms with Gasteiger partial charge < -0.3 is 14.6 Å². The summed E-state index contributed by atoms with van der Waals surface area (Å²) in [5.74, 6) is 0.0329.